The molecule has 3 heteroatoms. The van der Waals surface area contributed by atoms with E-state index in [2.05, 4.69) is 0 Å². The first-order chi connectivity index (χ1) is 7.66. The van der Waals surface area contributed by atoms with Gasteiger partial charge in [-0.2, -0.15) is 0 Å². The van der Waals surface area contributed by atoms with E-state index in [1.54, 1.807) is 0 Å². The fraction of sp³-hybridized carbons (Fsp3) is 0.462. The van der Waals surface area contributed by atoms with Gasteiger partial charge in [-0.15, -0.1) is 0 Å². The van der Waals surface area contributed by atoms with Gasteiger partial charge in [-0.1, -0.05) is 18.2 Å². The molecule has 0 bridgehead atoms. The molecule has 2 atom stereocenters. The molecule has 1 fully saturated rings. The van der Waals surface area contributed by atoms with Crippen molar-refractivity contribution >= 4 is 5.91 Å². The molecule has 86 valence electrons. The lowest BCUT2D eigenvalue weighted by molar-refractivity contribution is -0.0586. The molecule has 3 nitrogen and oxygen atoms in total. The summed E-state index contributed by atoms with van der Waals surface area (Å²) in [5.41, 5.74) is 0.754. The lowest BCUT2D eigenvalue weighted by Gasteiger charge is -2.35. The van der Waals surface area contributed by atoms with Gasteiger partial charge in [-0.3, -0.25) is 4.79 Å². The first-order valence-electron chi connectivity index (χ1n) is 5.66. The maximum absolute atomic E-state index is 12.2. The van der Waals surface area contributed by atoms with Crippen LogP contribution >= 0.6 is 0 Å². The molecule has 1 heterocycles. The number of hydrogen-bond donors (Lipinski definition) is 0. The summed E-state index contributed by atoms with van der Waals surface area (Å²) in [7, 11) is 0. The molecule has 1 aromatic carbocycles. The maximum Gasteiger partial charge on any atom is 0.254 e. The van der Waals surface area contributed by atoms with Gasteiger partial charge in [0.05, 0.1) is 12.2 Å². The number of carbonyl (C=O) groups excluding carboxylic acids is 1. The first kappa shape index (κ1) is 11.1. The Balaban J connectivity index is 2.10. The zero-order chi connectivity index (χ0) is 11.5. The Morgan fingerprint density at radius 3 is 2.31 bits per heavy atom. The fourth-order valence-electron chi connectivity index (χ4n) is 2.11. The summed E-state index contributed by atoms with van der Waals surface area (Å²) >= 11 is 0. The number of hydrogen-bond acceptors (Lipinski definition) is 2. The van der Waals surface area contributed by atoms with Gasteiger partial charge in [-0.25, -0.2) is 0 Å². The van der Waals surface area contributed by atoms with E-state index >= 15 is 0 Å². The van der Waals surface area contributed by atoms with Crippen LogP contribution in [0.3, 0.4) is 0 Å². The highest BCUT2D eigenvalue weighted by Gasteiger charge is 2.26. The van der Waals surface area contributed by atoms with Gasteiger partial charge in [-0.05, 0) is 26.0 Å². The molecular formula is C13H17NO2. The maximum atomic E-state index is 12.2. The SMILES string of the molecule is C[C@H]1CN(C(=O)c2ccccc2)C[C@H](C)O1. The van der Waals surface area contributed by atoms with Crippen molar-refractivity contribution in [1.82, 2.24) is 4.90 Å². The smallest absolute Gasteiger partial charge is 0.254 e. The van der Waals surface area contributed by atoms with Crippen molar-refractivity contribution in [2.75, 3.05) is 13.1 Å². The molecule has 1 saturated heterocycles. The second-order valence-electron chi connectivity index (χ2n) is 4.33. The average molecular weight is 219 g/mol. The minimum atomic E-state index is 0.0996. The summed E-state index contributed by atoms with van der Waals surface area (Å²) in [6, 6.07) is 9.41. The standard InChI is InChI=1S/C13H17NO2/c1-10-8-14(9-11(2)16-10)13(15)12-6-4-3-5-7-12/h3-7,10-11H,8-9H2,1-2H3/t10-,11-/m0/s1. The molecular weight excluding hydrogens is 202 g/mol. The highest BCUT2D eigenvalue weighted by Crippen LogP contribution is 2.13. The van der Waals surface area contributed by atoms with Crippen LogP contribution in [0, 0.1) is 0 Å². The van der Waals surface area contributed by atoms with E-state index in [1.807, 2.05) is 49.1 Å². The van der Waals surface area contributed by atoms with Gasteiger partial charge in [0.25, 0.3) is 5.91 Å². The largest absolute Gasteiger partial charge is 0.372 e. The molecule has 0 spiro atoms. The van der Waals surface area contributed by atoms with E-state index in [0.29, 0.717) is 13.1 Å². The van der Waals surface area contributed by atoms with Gasteiger partial charge in [0.1, 0.15) is 0 Å². The van der Waals surface area contributed by atoms with E-state index in [-0.39, 0.29) is 18.1 Å². The monoisotopic (exact) mass is 219 g/mol. The molecule has 0 unspecified atom stereocenters. The van der Waals surface area contributed by atoms with Gasteiger partial charge >= 0.3 is 0 Å². The van der Waals surface area contributed by atoms with Crippen molar-refractivity contribution < 1.29 is 9.53 Å². The van der Waals surface area contributed by atoms with E-state index in [0.717, 1.165) is 5.56 Å². The van der Waals surface area contributed by atoms with Crippen LogP contribution in [-0.2, 0) is 4.74 Å². The van der Waals surface area contributed by atoms with Crippen molar-refractivity contribution in [2.24, 2.45) is 0 Å². The highest BCUT2D eigenvalue weighted by molar-refractivity contribution is 5.94. The number of ether oxygens (including phenoxy) is 1. The van der Waals surface area contributed by atoms with Crippen molar-refractivity contribution in [3.63, 3.8) is 0 Å². The quantitative estimate of drug-likeness (QED) is 0.722. The van der Waals surface area contributed by atoms with E-state index in [1.165, 1.54) is 0 Å². The zero-order valence-corrected chi connectivity index (χ0v) is 9.72. The molecule has 1 aliphatic heterocycles. The number of morpholine rings is 1. The van der Waals surface area contributed by atoms with Crippen LogP contribution in [0.4, 0.5) is 0 Å². The second-order valence-corrected chi connectivity index (χ2v) is 4.33. The predicted molar refractivity (Wildman–Crippen MR) is 62.4 cm³/mol. The number of carbonyl (C=O) groups is 1. The number of nitrogens with zero attached hydrogens (tertiary/aromatic N) is 1. The summed E-state index contributed by atoms with van der Waals surface area (Å²) in [6.07, 6.45) is 0.243. The molecule has 16 heavy (non-hydrogen) atoms. The van der Waals surface area contributed by atoms with Crippen LogP contribution in [0.15, 0.2) is 30.3 Å². The van der Waals surface area contributed by atoms with E-state index < -0.39 is 0 Å². The lowest BCUT2D eigenvalue weighted by Crippen LogP contribution is -2.48. The molecule has 0 aliphatic carbocycles. The highest BCUT2D eigenvalue weighted by atomic mass is 16.5. The topological polar surface area (TPSA) is 29.5 Å². The minimum Gasteiger partial charge on any atom is -0.372 e. The number of rotatable bonds is 1. The third-order valence-electron chi connectivity index (χ3n) is 2.73. The second kappa shape index (κ2) is 4.66. The predicted octanol–water partition coefficient (Wildman–Crippen LogP) is 1.94. The summed E-state index contributed by atoms with van der Waals surface area (Å²) in [5, 5.41) is 0. The molecule has 2 rings (SSSR count). The van der Waals surface area contributed by atoms with Crippen LogP contribution in [-0.4, -0.2) is 36.1 Å². The number of amides is 1. The molecule has 0 saturated carbocycles. The van der Waals surface area contributed by atoms with Crippen LogP contribution in [0.25, 0.3) is 0 Å². The summed E-state index contributed by atoms with van der Waals surface area (Å²) < 4.78 is 5.61. The molecule has 0 N–H and O–H groups in total. The van der Waals surface area contributed by atoms with Crippen molar-refractivity contribution in [1.29, 1.82) is 0 Å². The average Bonchev–Trinajstić information content (AvgIpc) is 2.28. The Bertz CT molecular complexity index is 353. The Kier molecular flexibility index (Phi) is 3.25. The Morgan fingerprint density at radius 1 is 1.19 bits per heavy atom. The summed E-state index contributed by atoms with van der Waals surface area (Å²) in [5.74, 6) is 0.0996. The van der Waals surface area contributed by atoms with Crippen molar-refractivity contribution in [2.45, 2.75) is 26.1 Å². The normalized spacial score (nSPS) is 25.5. The van der Waals surface area contributed by atoms with Gasteiger partial charge in [0.15, 0.2) is 0 Å². The van der Waals surface area contributed by atoms with E-state index in [4.69, 9.17) is 4.74 Å². The Labute approximate surface area is 96.0 Å². The van der Waals surface area contributed by atoms with Gasteiger partial charge in [0.2, 0.25) is 0 Å². The summed E-state index contributed by atoms with van der Waals surface area (Å²) in [4.78, 5) is 14.0. The van der Waals surface area contributed by atoms with Gasteiger partial charge in [0, 0.05) is 18.7 Å². The number of benzene rings is 1. The van der Waals surface area contributed by atoms with Crippen molar-refractivity contribution in [3.05, 3.63) is 35.9 Å². The van der Waals surface area contributed by atoms with Gasteiger partial charge < -0.3 is 9.64 Å². The third kappa shape index (κ3) is 2.42. The molecule has 0 aromatic heterocycles. The fourth-order valence-corrected chi connectivity index (χ4v) is 2.11. The van der Waals surface area contributed by atoms with Crippen LogP contribution in [0.5, 0.6) is 0 Å². The lowest BCUT2D eigenvalue weighted by atomic mass is 10.1. The first-order valence-corrected chi connectivity index (χ1v) is 5.66. The summed E-state index contributed by atoms with van der Waals surface area (Å²) in [6.45, 7) is 5.36. The third-order valence-corrected chi connectivity index (χ3v) is 2.73. The minimum absolute atomic E-state index is 0.0996. The molecule has 1 aliphatic rings. The van der Waals surface area contributed by atoms with Crippen molar-refractivity contribution in [3.8, 4) is 0 Å². The van der Waals surface area contributed by atoms with Crippen LogP contribution in [0.1, 0.15) is 24.2 Å². The van der Waals surface area contributed by atoms with Crippen LogP contribution in [0.2, 0.25) is 0 Å². The zero-order valence-electron chi connectivity index (χ0n) is 9.72. The Morgan fingerprint density at radius 2 is 1.75 bits per heavy atom. The van der Waals surface area contributed by atoms with E-state index in [9.17, 15) is 4.79 Å². The van der Waals surface area contributed by atoms with Crippen LogP contribution < -0.4 is 0 Å². The Hall–Kier alpha value is -1.35. The molecule has 1 aromatic rings. The molecule has 1 amide bonds. The molecule has 0 radical (unpaired) electrons.